The Kier molecular flexibility index (Phi) is 4.09. The molecule has 0 aliphatic rings. The minimum absolute atomic E-state index is 0.358. The third-order valence-electron chi connectivity index (χ3n) is 1.47. The molecule has 1 rings (SSSR count). The summed E-state index contributed by atoms with van der Waals surface area (Å²) < 4.78 is 61.6. The molecule has 0 bridgehead atoms. The third-order valence-corrected chi connectivity index (χ3v) is 3.70. The molecule has 5 nitrogen and oxygen atoms in total. The second-order valence-corrected chi connectivity index (χ2v) is 6.08. The molecule has 0 amide bonds. The van der Waals surface area contributed by atoms with Crippen molar-refractivity contribution in [1.82, 2.24) is 4.98 Å². The number of aromatic nitrogens is 1. The van der Waals surface area contributed by atoms with E-state index in [0.717, 1.165) is 6.07 Å². The second kappa shape index (κ2) is 4.91. The molecule has 0 unspecified atom stereocenters. The van der Waals surface area contributed by atoms with Gasteiger partial charge in [-0.15, -0.1) is 13.2 Å². The van der Waals surface area contributed by atoms with Gasteiger partial charge in [-0.05, 0) is 22.0 Å². The van der Waals surface area contributed by atoms with Gasteiger partial charge in [-0.2, -0.15) is 5.26 Å². The zero-order valence-electron chi connectivity index (χ0n) is 7.99. The summed E-state index contributed by atoms with van der Waals surface area (Å²) in [6.07, 6.45) is -5.17. The largest absolute Gasteiger partial charge is 0.574 e. The van der Waals surface area contributed by atoms with Crippen LogP contribution in [0.3, 0.4) is 0 Å². The van der Waals surface area contributed by atoms with Gasteiger partial charge in [-0.3, -0.25) is 0 Å². The van der Waals surface area contributed by atoms with Gasteiger partial charge in [0.2, 0.25) is 5.88 Å². The van der Waals surface area contributed by atoms with Gasteiger partial charge in [0.15, 0.2) is 4.90 Å². The van der Waals surface area contributed by atoms with Crippen LogP contribution in [0.25, 0.3) is 0 Å². The predicted molar refractivity (Wildman–Crippen MR) is 56.4 cm³/mol. The van der Waals surface area contributed by atoms with E-state index >= 15 is 0 Å². The normalized spacial score (nSPS) is 12.0. The minimum Gasteiger partial charge on any atom is -0.386 e. The van der Waals surface area contributed by atoms with Crippen LogP contribution in [-0.2, 0) is 9.05 Å². The van der Waals surface area contributed by atoms with Crippen LogP contribution in [0, 0.1) is 11.3 Å². The molecule has 0 atom stereocenters. The fourth-order valence-corrected chi connectivity index (χ4v) is 3.28. The number of nitriles is 1. The molecule has 1 aromatic rings. The standard InChI is InChI=1S/C7HBrClF3N2O3S/c8-4-1-3(2-13)14-6(17-7(10,11)12)5(4)18(9,15)16/h1H. The number of rotatable bonds is 2. The first-order chi connectivity index (χ1) is 8.04. The summed E-state index contributed by atoms with van der Waals surface area (Å²) >= 11 is 2.68. The van der Waals surface area contributed by atoms with E-state index in [1.54, 1.807) is 0 Å². The van der Waals surface area contributed by atoms with Crippen LogP contribution in [0.4, 0.5) is 13.2 Å². The van der Waals surface area contributed by atoms with Crippen LogP contribution in [0.2, 0.25) is 0 Å². The highest BCUT2D eigenvalue weighted by molar-refractivity contribution is 9.10. The maximum absolute atomic E-state index is 12.1. The lowest BCUT2D eigenvalue weighted by atomic mass is 10.4. The maximum Gasteiger partial charge on any atom is 0.574 e. The quantitative estimate of drug-likeness (QED) is 0.753. The van der Waals surface area contributed by atoms with Gasteiger partial charge in [-0.25, -0.2) is 13.4 Å². The summed E-state index contributed by atoms with van der Waals surface area (Å²) in [7, 11) is 0.432. The molecule has 0 fully saturated rings. The number of hydrogen-bond acceptors (Lipinski definition) is 5. The Labute approximate surface area is 112 Å². The highest BCUT2D eigenvalue weighted by Gasteiger charge is 2.36. The first-order valence-corrected chi connectivity index (χ1v) is 6.96. The Hall–Kier alpha value is -1.05. The maximum atomic E-state index is 12.1. The van der Waals surface area contributed by atoms with Gasteiger partial charge in [0.1, 0.15) is 11.8 Å². The Morgan fingerprint density at radius 2 is 2.06 bits per heavy atom. The van der Waals surface area contributed by atoms with Crippen molar-refractivity contribution in [2.75, 3.05) is 0 Å². The molecule has 0 spiro atoms. The van der Waals surface area contributed by atoms with Crippen molar-refractivity contribution in [3.05, 3.63) is 16.2 Å². The Morgan fingerprint density at radius 1 is 1.50 bits per heavy atom. The zero-order chi connectivity index (χ0) is 14.1. The molecule has 0 aromatic carbocycles. The van der Waals surface area contributed by atoms with Crippen molar-refractivity contribution in [3.63, 3.8) is 0 Å². The van der Waals surface area contributed by atoms with Gasteiger partial charge >= 0.3 is 6.36 Å². The van der Waals surface area contributed by atoms with Crippen molar-refractivity contribution < 1.29 is 26.3 Å². The topological polar surface area (TPSA) is 80.0 Å². The van der Waals surface area contributed by atoms with Gasteiger partial charge in [0.05, 0.1) is 0 Å². The van der Waals surface area contributed by atoms with E-state index in [1.807, 2.05) is 0 Å². The zero-order valence-corrected chi connectivity index (χ0v) is 11.2. The second-order valence-electron chi connectivity index (χ2n) is 2.72. The highest BCUT2D eigenvalue weighted by atomic mass is 79.9. The molecule has 11 heteroatoms. The lowest BCUT2D eigenvalue weighted by Gasteiger charge is -2.11. The molecule has 0 aliphatic carbocycles. The SMILES string of the molecule is N#Cc1cc(Br)c(S(=O)(=O)Cl)c(OC(F)(F)F)n1. The summed E-state index contributed by atoms with van der Waals surface area (Å²) in [5.41, 5.74) is -0.467. The third kappa shape index (κ3) is 3.72. The lowest BCUT2D eigenvalue weighted by Crippen LogP contribution is -2.20. The van der Waals surface area contributed by atoms with Crippen LogP contribution < -0.4 is 4.74 Å². The molecule has 1 heterocycles. The predicted octanol–water partition coefficient (Wildman–Crippen LogP) is 2.54. The van der Waals surface area contributed by atoms with E-state index in [9.17, 15) is 21.6 Å². The van der Waals surface area contributed by atoms with E-state index in [1.165, 1.54) is 6.07 Å². The molecule has 98 valence electrons. The summed E-state index contributed by atoms with van der Waals surface area (Å²) in [5.74, 6) is -1.32. The summed E-state index contributed by atoms with van der Waals surface area (Å²) in [6.45, 7) is 0. The Bertz CT molecular complexity index is 626. The van der Waals surface area contributed by atoms with Crippen LogP contribution in [0.1, 0.15) is 5.69 Å². The van der Waals surface area contributed by atoms with Gasteiger partial charge in [-0.1, -0.05) is 0 Å². The van der Waals surface area contributed by atoms with Crippen LogP contribution in [0.5, 0.6) is 5.88 Å². The average Bonchev–Trinajstić information content (AvgIpc) is 2.11. The monoisotopic (exact) mass is 364 g/mol. The fraction of sp³-hybridized carbons (Fsp3) is 0.143. The number of ether oxygens (including phenoxy) is 1. The summed E-state index contributed by atoms with van der Waals surface area (Å²) in [6, 6.07) is 2.35. The number of hydrogen-bond donors (Lipinski definition) is 0. The van der Waals surface area contributed by atoms with Crippen molar-refractivity contribution in [3.8, 4) is 11.9 Å². The molecule has 0 aliphatic heterocycles. The van der Waals surface area contributed by atoms with Gasteiger partial charge in [0.25, 0.3) is 9.05 Å². The number of pyridine rings is 1. The molecule has 0 saturated heterocycles. The van der Waals surface area contributed by atoms with Crippen molar-refractivity contribution in [2.24, 2.45) is 0 Å². The van der Waals surface area contributed by atoms with Crippen molar-refractivity contribution >= 4 is 35.7 Å². The lowest BCUT2D eigenvalue weighted by molar-refractivity contribution is -0.277. The molecule has 0 saturated carbocycles. The number of alkyl halides is 3. The first kappa shape index (κ1) is 15.0. The van der Waals surface area contributed by atoms with E-state index in [0.29, 0.717) is 0 Å². The fourth-order valence-electron chi connectivity index (χ4n) is 0.937. The van der Waals surface area contributed by atoms with E-state index in [2.05, 4.69) is 25.7 Å². The minimum atomic E-state index is -5.17. The number of halogens is 5. The molecule has 1 aromatic heterocycles. The van der Waals surface area contributed by atoms with E-state index in [-0.39, 0.29) is 4.47 Å². The van der Waals surface area contributed by atoms with E-state index < -0.39 is 31.9 Å². The summed E-state index contributed by atoms with van der Waals surface area (Å²) in [4.78, 5) is 2.11. The number of nitrogens with zero attached hydrogens (tertiary/aromatic N) is 2. The Balaban J connectivity index is 3.55. The van der Waals surface area contributed by atoms with Crippen LogP contribution in [-0.4, -0.2) is 19.8 Å². The van der Waals surface area contributed by atoms with Crippen LogP contribution in [0.15, 0.2) is 15.4 Å². The highest BCUT2D eigenvalue weighted by Crippen LogP contribution is 2.35. The molecular formula is C7HBrClF3N2O3S. The average molecular weight is 366 g/mol. The molecule has 18 heavy (non-hydrogen) atoms. The van der Waals surface area contributed by atoms with Gasteiger partial charge < -0.3 is 4.74 Å². The molecule has 0 N–H and O–H groups in total. The van der Waals surface area contributed by atoms with Crippen molar-refractivity contribution in [2.45, 2.75) is 11.3 Å². The van der Waals surface area contributed by atoms with Gasteiger partial charge in [0, 0.05) is 15.2 Å². The summed E-state index contributed by atoms with van der Waals surface area (Å²) in [5, 5.41) is 8.53. The molecular weight excluding hydrogens is 365 g/mol. The van der Waals surface area contributed by atoms with Crippen LogP contribution >= 0.6 is 26.6 Å². The Morgan fingerprint density at radius 3 is 2.44 bits per heavy atom. The molecule has 0 radical (unpaired) electrons. The smallest absolute Gasteiger partial charge is 0.386 e. The van der Waals surface area contributed by atoms with Crippen molar-refractivity contribution in [1.29, 1.82) is 5.26 Å². The van der Waals surface area contributed by atoms with E-state index in [4.69, 9.17) is 15.9 Å². The first-order valence-electron chi connectivity index (χ1n) is 3.85.